The lowest BCUT2D eigenvalue weighted by atomic mass is 9.97. The van der Waals surface area contributed by atoms with Gasteiger partial charge in [0, 0.05) is 5.56 Å². The molecule has 1 aliphatic carbocycles. The highest BCUT2D eigenvalue weighted by Crippen LogP contribution is 2.42. The molecule has 0 aromatic heterocycles. The Balaban J connectivity index is 2.43. The molecule has 1 aromatic carbocycles. The van der Waals surface area contributed by atoms with Crippen molar-refractivity contribution in [2.45, 2.75) is 25.7 Å². The van der Waals surface area contributed by atoms with Gasteiger partial charge in [0.05, 0.1) is 0 Å². The molecule has 0 spiro atoms. The molecule has 0 atom stereocenters. The molecule has 0 heterocycles. The van der Waals surface area contributed by atoms with E-state index < -0.39 is 11.8 Å². The van der Waals surface area contributed by atoms with Crippen molar-refractivity contribution in [1.29, 1.82) is 0 Å². The van der Waals surface area contributed by atoms with E-state index >= 15 is 0 Å². The van der Waals surface area contributed by atoms with Crippen molar-refractivity contribution in [3.63, 3.8) is 0 Å². The fraction of sp³-hybridized carbons (Fsp3) is 0.333. The van der Waals surface area contributed by atoms with Crippen LogP contribution in [0.5, 0.6) is 0 Å². The fourth-order valence-corrected chi connectivity index (χ4v) is 1.85. The van der Waals surface area contributed by atoms with Gasteiger partial charge in [-0.1, -0.05) is 18.2 Å². The first-order chi connectivity index (χ1) is 7.11. The summed E-state index contributed by atoms with van der Waals surface area (Å²) >= 11 is 0. The van der Waals surface area contributed by atoms with Crippen LogP contribution in [-0.4, -0.2) is 16.9 Å². The molecule has 15 heavy (non-hydrogen) atoms. The summed E-state index contributed by atoms with van der Waals surface area (Å²) in [6, 6.07) is 5.32. The maximum Gasteiger partial charge on any atom is 0.377 e. The van der Waals surface area contributed by atoms with Gasteiger partial charge >= 0.3 is 5.97 Å². The monoisotopic (exact) mass is 204 g/mol. The lowest BCUT2D eigenvalue weighted by Gasteiger charge is -2.07. The quantitative estimate of drug-likeness (QED) is 0.606. The van der Waals surface area contributed by atoms with Crippen LogP contribution < -0.4 is 0 Å². The van der Waals surface area contributed by atoms with Gasteiger partial charge in [0.1, 0.15) is 0 Å². The van der Waals surface area contributed by atoms with Crippen molar-refractivity contribution >= 4 is 11.8 Å². The van der Waals surface area contributed by atoms with Gasteiger partial charge in [-0.3, -0.25) is 4.79 Å². The first-order valence-electron chi connectivity index (χ1n) is 4.98. The van der Waals surface area contributed by atoms with E-state index in [1.54, 1.807) is 12.1 Å². The minimum absolute atomic E-state index is 0.326. The van der Waals surface area contributed by atoms with Crippen molar-refractivity contribution in [2.75, 3.05) is 0 Å². The summed E-state index contributed by atoms with van der Waals surface area (Å²) in [4.78, 5) is 22.0. The van der Waals surface area contributed by atoms with E-state index in [0.29, 0.717) is 11.5 Å². The van der Waals surface area contributed by atoms with Crippen LogP contribution in [0.15, 0.2) is 18.2 Å². The SMILES string of the molecule is Cc1c(C(=O)C(=O)O)cccc1C1CC1. The molecule has 0 unspecified atom stereocenters. The second-order valence-corrected chi connectivity index (χ2v) is 3.93. The Morgan fingerprint density at radius 1 is 1.33 bits per heavy atom. The lowest BCUT2D eigenvalue weighted by molar-refractivity contribution is -0.131. The summed E-state index contributed by atoms with van der Waals surface area (Å²) in [7, 11) is 0. The minimum atomic E-state index is -1.38. The van der Waals surface area contributed by atoms with Gasteiger partial charge in [-0.05, 0) is 36.8 Å². The van der Waals surface area contributed by atoms with Gasteiger partial charge in [-0.15, -0.1) is 0 Å². The molecule has 78 valence electrons. The minimum Gasteiger partial charge on any atom is -0.475 e. The highest BCUT2D eigenvalue weighted by Gasteiger charge is 2.27. The van der Waals surface area contributed by atoms with Crippen LogP contribution >= 0.6 is 0 Å². The molecule has 0 radical (unpaired) electrons. The number of rotatable bonds is 3. The second-order valence-electron chi connectivity index (χ2n) is 3.93. The first-order valence-corrected chi connectivity index (χ1v) is 4.98. The number of carboxylic acids is 1. The third-order valence-corrected chi connectivity index (χ3v) is 2.83. The molecule has 1 fully saturated rings. The summed E-state index contributed by atoms with van der Waals surface area (Å²) < 4.78 is 0. The van der Waals surface area contributed by atoms with E-state index in [9.17, 15) is 9.59 Å². The van der Waals surface area contributed by atoms with Gasteiger partial charge in [0.15, 0.2) is 0 Å². The third-order valence-electron chi connectivity index (χ3n) is 2.83. The third kappa shape index (κ3) is 1.77. The molecule has 0 bridgehead atoms. The number of carboxylic acid groups (broad SMARTS) is 1. The number of aliphatic carboxylic acids is 1. The topological polar surface area (TPSA) is 54.4 Å². The van der Waals surface area contributed by atoms with Crippen molar-refractivity contribution < 1.29 is 14.7 Å². The summed E-state index contributed by atoms with van der Waals surface area (Å²) in [5, 5.41) is 8.66. The highest BCUT2D eigenvalue weighted by atomic mass is 16.4. The second kappa shape index (κ2) is 3.50. The summed E-state index contributed by atoms with van der Waals surface area (Å²) in [6.45, 7) is 1.82. The molecule has 0 aliphatic heterocycles. The Morgan fingerprint density at radius 3 is 2.53 bits per heavy atom. The van der Waals surface area contributed by atoms with Crippen LogP contribution in [0, 0.1) is 6.92 Å². The van der Waals surface area contributed by atoms with Gasteiger partial charge in [0.2, 0.25) is 0 Å². The Morgan fingerprint density at radius 2 is 2.00 bits per heavy atom. The fourth-order valence-electron chi connectivity index (χ4n) is 1.85. The first kappa shape index (κ1) is 9.90. The Labute approximate surface area is 87.7 Å². The Kier molecular flexibility index (Phi) is 2.31. The normalized spacial score (nSPS) is 15.0. The molecule has 1 saturated carbocycles. The molecular formula is C12H12O3. The zero-order chi connectivity index (χ0) is 11.0. The number of hydrogen-bond acceptors (Lipinski definition) is 2. The van der Waals surface area contributed by atoms with Crippen LogP contribution in [0.3, 0.4) is 0 Å². The number of Topliss-reactive ketones (excluding diaryl/α,β-unsaturated/α-hetero) is 1. The van der Waals surface area contributed by atoms with Gasteiger partial charge < -0.3 is 5.11 Å². The average molecular weight is 204 g/mol. The Bertz CT molecular complexity index is 430. The van der Waals surface area contributed by atoms with Crippen molar-refractivity contribution in [1.82, 2.24) is 0 Å². The zero-order valence-electron chi connectivity index (χ0n) is 8.49. The van der Waals surface area contributed by atoms with E-state index in [1.165, 1.54) is 0 Å². The van der Waals surface area contributed by atoms with E-state index in [0.717, 1.165) is 24.0 Å². The van der Waals surface area contributed by atoms with Crippen LogP contribution in [0.1, 0.15) is 40.2 Å². The number of carbonyl (C=O) groups excluding carboxylic acids is 1. The van der Waals surface area contributed by atoms with E-state index in [4.69, 9.17) is 5.11 Å². The molecule has 1 N–H and O–H groups in total. The Hall–Kier alpha value is -1.64. The van der Waals surface area contributed by atoms with Crippen LogP contribution in [0.2, 0.25) is 0 Å². The summed E-state index contributed by atoms with van der Waals surface area (Å²) in [6.07, 6.45) is 2.29. The maximum absolute atomic E-state index is 11.4. The van der Waals surface area contributed by atoms with E-state index in [1.807, 2.05) is 13.0 Å². The molecule has 1 aliphatic rings. The van der Waals surface area contributed by atoms with Crippen molar-refractivity contribution in [2.24, 2.45) is 0 Å². The van der Waals surface area contributed by atoms with Crippen LogP contribution in [0.4, 0.5) is 0 Å². The predicted molar refractivity (Wildman–Crippen MR) is 55.1 cm³/mol. The predicted octanol–water partition coefficient (Wildman–Crippen LogP) is 2.14. The molecule has 0 saturated heterocycles. The molecule has 3 heteroatoms. The lowest BCUT2D eigenvalue weighted by Crippen LogP contribution is -2.14. The molecule has 0 amide bonds. The number of carbonyl (C=O) groups is 2. The molecule has 2 rings (SSSR count). The molecule has 1 aromatic rings. The van der Waals surface area contributed by atoms with Gasteiger partial charge in [-0.2, -0.15) is 0 Å². The van der Waals surface area contributed by atoms with Crippen LogP contribution in [0.25, 0.3) is 0 Å². The van der Waals surface area contributed by atoms with Crippen LogP contribution in [-0.2, 0) is 4.79 Å². The average Bonchev–Trinajstić information content (AvgIpc) is 3.00. The smallest absolute Gasteiger partial charge is 0.377 e. The van der Waals surface area contributed by atoms with Crippen molar-refractivity contribution in [3.8, 4) is 0 Å². The van der Waals surface area contributed by atoms with E-state index in [2.05, 4.69) is 0 Å². The largest absolute Gasteiger partial charge is 0.475 e. The summed E-state index contributed by atoms with van der Waals surface area (Å²) in [5.74, 6) is -1.66. The zero-order valence-corrected chi connectivity index (χ0v) is 8.49. The van der Waals surface area contributed by atoms with Gasteiger partial charge in [-0.25, -0.2) is 4.79 Å². The number of hydrogen-bond donors (Lipinski definition) is 1. The molecular weight excluding hydrogens is 192 g/mol. The summed E-state index contributed by atoms with van der Waals surface area (Å²) in [5.41, 5.74) is 2.28. The molecule has 3 nitrogen and oxygen atoms in total. The van der Waals surface area contributed by atoms with Crippen molar-refractivity contribution in [3.05, 3.63) is 34.9 Å². The number of ketones is 1. The van der Waals surface area contributed by atoms with E-state index in [-0.39, 0.29) is 0 Å². The number of benzene rings is 1. The maximum atomic E-state index is 11.4. The highest BCUT2D eigenvalue weighted by molar-refractivity contribution is 6.40. The standard InChI is InChI=1S/C12H12O3/c1-7-9(8-5-6-8)3-2-4-10(7)11(13)12(14)15/h2-4,8H,5-6H2,1H3,(H,14,15). The van der Waals surface area contributed by atoms with Gasteiger partial charge in [0.25, 0.3) is 5.78 Å².